The van der Waals surface area contributed by atoms with Crippen LogP contribution in [0.5, 0.6) is 5.75 Å². The van der Waals surface area contributed by atoms with Gasteiger partial charge in [-0.25, -0.2) is 8.42 Å². The lowest BCUT2D eigenvalue weighted by atomic mass is 9.94. The highest BCUT2D eigenvalue weighted by Crippen LogP contribution is 2.31. The largest absolute Gasteiger partial charge is 0.494 e. The van der Waals surface area contributed by atoms with Crippen molar-refractivity contribution in [2.45, 2.75) is 40.7 Å². The van der Waals surface area contributed by atoms with E-state index >= 15 is 0 Å². The molecular weight excluding hydrogens is 420 g/mol. The molecule has 0 saturated carbocycles. The minimum atomic E-state index is -2.96. The second-order valence-electron chi connectivity index (χ2n) is 8.11. The van der Waals surface area contributed by atoms with Crippen LogP contribution in [0, 0.1) is 13.8 Å². The summed E-state index contributed by atoms with van der Waals surface area (Å²) in [4.78, 5) is 0. The topological polar surface area (TPSA) is 52.6 Å². The standard InChI is InChI=1S/C27H34O4S/c1-7-10-20(2)15-23(5)31-19-24-11-8-12-25(18-24)27-21(3)16-26(17-22(27)4)30-13-9-14-32(6,28)29/h7-8,10-12,15-18H,5,9,13-14,19H2,1-4,6H3/b10-7-,20-15-. The van der Waals surface area contributed by atoms with E-state index in [1.54, 1.807) is 0 Å². The molecule has 0 amide bonds. The number of allylic oxidation sites excluding steroid dienone is 4. The smallest absolute Gasteiger partial charge is 0.147 e. The van der Waals surface area contributed by atoms with E-state index in [0.29, 0.717) is 25.4 Å². The molecule has 0 aliphatic heterocycles. The number of hydrogen-bond donors (Lipinski definition) is 0. The van der Waals surface area contributed by atoms with Gasteiger partial charge in [0.1, 0.15) is 28.0 Å². The molecular formula is C27H34O4S. The van der Waals surface area contributed by atoms with Gasteiger partial charge in [-0.3, -0.25) is 0 Å². The summed E-state index contributed by atoms with van der Waals surface area (Å²) in [5.74, 6) is 1.53. The van der Waals surface area contributed by atoms with Crippen LogP contribution in [0.25, 0.3) is 11.1 Å². The molecule has 0 heterocycles. The van der Waals surface area contributed by atoms with Crippen LogP contribution in [-0.2, 0) is 21.2 Å². The first-order valence-electron chi connectivity index (χ1n) is 10.7. The zero-order chi connectivity index (χ0) is 23.7. The van der Waals surface area contributed by atoms with Crippen molar-refractivity contribution in [3.63, 3.8) is 0 Å². The minimum Gasteiger partial charge on any atom is -0.494 e. The fourth-order valence-corrected chi connectivity index (χ4v) is 4.22. The number of hydrogen-bond acceptors (Lipinski definition) is 4. The maximum Gasteiger partial charge on any atom is 0.147 e. The van der Waals surface area contributed by atoms with E-state index < -0.39 is 9.84 Å². The van der Waals surface area contributed by atoms with Crippen molar-refractivity contribution in [1.29, 1.82) is 0 Å². The minimum absolute atomic E-state index is 0.134. The molecule has 0 aliphatic rings. The number of ether oxygens (including phenoxy) is 2. The quantitative estimate of drug-likeness (QED) is 0.226. The summed E-state index contributed by atoms with van der Waals surface area (Å²) in [5, 5.41) is 0. The van der Waals surface area contributed by atoms with Crippen molar-refractivity contribution >= 4 is 9.84 Å². The number of benzene rings is 2. The van der Waals surface area contributed by atoms with Crippen LogP contribution in [0.3, 0.4) is 0 Å². The van der Waals surface area contributed by atoms with Crippen molar-refractivity contribution in [2.75, 3.05) is 18.6 Å². The summed E-state index contributed by atoms with van der Waals surface area (Å²) in [5.41, 5.74) is 6.66. The maximum absolute atomic E-state index is 11.3. The number of sulfone groups is 1. The second-order valence-corrected chi connectivity index (χ2v) is 10.4. The van der Waals surface area contributed by atoms with Crippen LogP contribution in [0.4, 0.5) is 0 Å². The van der Waals surface area contributed by atoms with Crippen molar-refractivity contribution in [3.05, 3.63) is 89.2 Å². The van der Waals surface area contributed by atoms with Crippen LogP contribution in [0.2, 0.25) is 0 Å². The molecule has 0 saturated heterocycles. The summed E-state index contributed by atoms with van der Waals surface area (Å²) >= 11 is 0. The van der Waals surface area contributed by atoms with E-state index in [-0.39, 0.29) is 5.75 Å². The highest BCUT2D eigenvalue weighted by atomic mass is 32.2. The normalized spacial score (nSPS) is 12.2. The lowest BCUT2D eigenvalue weighted by Gasteiger charge is -2.15. The fourth-order valence-electron chi connectivity index (χ4n) is 3.57. The first-order chi connectivity index (χ1) is 15.1. The van der Waals surface area contributed by atoms with Gasteiger partial charge < -0.3 is 9.47 Å². The first kappa shape index (κ1) is 25.5. The summed E-state index contributed by atoms with van der Waals surface area (Å²) in [6.07, 6.45) is 7.65. The van der Waals surface area contributed by atoms with Gasteiger partial charge in [-0.05, 0) is 91.8 Å². The molecule has 5 heteroatoms. The lowest BCUT2D eigenvalue weighted by Crippen LogP contribution is -2.08. The fraction of sp³-hybridized carbons (Fsp3) is 0.333. The number of rotatable bonds is 11. The zero-order valence-electron chi connectivity index (χ0n) is 19.8. The predicted octanol–water partition coefficient (Wildman–Crippen LogP) is 6.34. The van der Waals surface area contributed by atoms with Crippen molar-refractivity contribution in [3.8, 4) is 16.9 Å². The zero-order valence-corrected chi connectivity index (χ0v) is 20.6. The average Bonchev–Trinajstić information content (AvgIpc) is 2.69. The third-order valence-corrected chi connectivity index (χ3v) is 5.92. The molecule has 0 atom stereocenters. The molecule has 2 aromatic rings. The Hall–Kier alpha value is -2.79. The van der Waals surface area contributed by atoms with E-state index in [9.17, 15) is 8.42 Å². The van der Waals surface area contributed by atoms with Gasteiger partial charge in [-0.2, -0.15) is 0 Å². The van der Waals surface area contributed by atoms with Gasteiger partial charge in [0.05, 0.1) is 12.4 Å². The van der Waals surface area contributed by atoms with Crippen LogP contribution >= 0.6 is 0 Å². The summed E-state index contributed by atoms with van der Waals surface area (Å²) in [7, 11) is -2.96. The van der Waals surface area contributed by atoms with Crippen LogP contribution in [0.15, 0.2) is 72.5 Å². The van der Waals surface area contributed by atoms with Crippen LogP contribution < -0.4 is 4.74 Å². The van der Waals surface area contributed by atoms with Crippen molar-refractivity contribution < 1.29 is 17.9 Å². The summed E-state index contributed by atoms with van der Waals surface area (Å²) in [6.45, 7) is 12.9. The van der Waals surface area contributed by atoms with E-state index in [1.165, 1.54) is 6.26 Å². The molecule has 0 unspecified atom stereocenters. The van der Waals surface area contributed by atoms with Crippen molar-refractivity contribution in [2.24, 2.45) is 0 Å². The SMILES string of the molecule is C=C(/C=C(C)\C=C/C)OCc1cccc(-c2c(C)cc(OCCCS(C)(=O)=O)cc2C)c1. The summed E-state index contributed by atoms with van der Waals surface area (Å²) in [6, 6.07) is 12.3. The highest BCUT2D eigenvalue weighted by molar-refractivity contribution is 7.90. The lowest BCUT2D eigenvalue weighted by molar-refractivity contribution is 0.212. The molecule has 4 nitrogen and oxygen atoms in total. The van der Waals surface area contributed by atoms with Crippen molar-refractivity contribution in [1.82, 2.24) is 0 Å². The van der Waals surface area contributed by atoms with E-state index in [0.717, 1.165) is 39.1 Å². The molecule has 0 bridgehead atoms. The highest BCUT2D eigenvalue weighted by Gasteiger charge is 2.10. The molecule has 0 spiro atoms. The molecule has 2 aromatic carbocycles. The number of aryl methyl sites for hydroxylation is 2. The average molecular weight is 455 g/mol. The first-order valence-corrected chi connectivity index (χ1v) is 12.8. The second kappa shape index (κ2) is 11.7. The Morgan fingerprint density at radius 3 is 2.44 bits per heavy atom. The molecule has 0 radical (unpaired) electrons. The molecule has 0 aliphatic carbocycles. The Bertz CT molecular complexity index is 1090. The van der Waals surface area contributed by atoms with Gasteiger partial charge in [0.2, 0.25) is 0 Å². The molecule has 0 aromatic heterocycles. The van der Waals surface area contributed by atoms with Gasteiger partial charge in [-0.1, -0.05) is 36.9 Å². The molecule has 0 fully saturated rings. The molecule has 0 N–H and O–H groups in total. The van der Waals surface area contributed by atoms with Crippen LogP contribution in [0.1, 0.15) is 37.0 Å². The van der Waals surface area contributed by atoms with E-state index in [2.05, 4.69) is 32.6 Å². The Morgan fingerprint density at radius 2 is 1.81 bits per heavy atom. The summed E-state index contributed by atoms with van der Waals surface area (Å²) < 4.78 is 34.1. The molecule has 32 heavy (non-hydrogen) atoms. The van der Waals surface area contributed by atoms with Gasteiger partial charge >= 0.3 is 0 Å². The van der Waals surface area contributed by atoms with E-state index in [4.69, 9.17) is 9.47 Å². The third kappa shape index (κ3) is 8.39. The van der Waals surface area contributed by atoms with Gasteiger partial charge in [0.25, 0.3) is 0 Å². The predicted molar refractivity (Wildman–Crippen MR) is 134 cm³/mol. The van der Waals surface area contributed by atoms with Gasteiger partial charge in [0, 0.05) is 6.26 Å². The third-order valence-electron chi connectivity index (χ3n) is 4.89. The van der Waals surface area contributed by atoms with E-state index in [1.807, 2.05) is 56.3 Å². The maximum atomic E-state index is 11.3. The molecule has 2 rings (SSSR count). The Kier molecular flexibility index (Phi) is 9.33. The van der Waals surface area contributed by atoms with Gasteiger partial charge in [-0.15, -0.1) is 0 Å². The van der Waals surface area contributed by atoms with Gasteiger partial charge in [0.15, 0.2) is 0 Å². The monoisotopic (exact) mass is 454 g/mol. The Morgan fingerprint density at radius 1 is 1.12 bits per heavy atom. The van der Waals surface area contributed by atoms with Crippen LogP contribution in [-0.4, -0.2) is 27.0 Å². The Labute approximate surface area is 193 Å². The Balaban J connectivity index is 2.10. The molecule has 172 valence electrons.